The van der Waals surface area contributed by atoms with E-state index in [1.807, 2.05) is 45.9 Å². The number of fused-ring (bicyclic) bond motifs is 1. The Morgan fingerprint density at radius 2 is 1.71 bits per heavy atom. The van der Waals surface area contributed by atoms with Crippen LogP contribution >= 0.6 is 11.6 Å². The standard InChI is InChI=1S/C23H27ClO4/c1-21(2)9-14-18(13-7-5-6-8-15(13)24)19-16(25)10-22(3,4)12-23(19,27)28-20(14)17(26)11-21/h5-8,18-19,27H,9-12H2,1-4H3/t18-,19+,23-/m1/s1. The van der Waals surface area contributed by atoms with Crippen LogP contribution in [0.15, 0.2) is 35.6 Å². The molecule has 3 aliphatic rings. The zero-order valence-electron chi connectivity index (χ0n) is 16.8. The van der Waals surface area contributed by atoms with Crippen LogP contribution in [-0.2, 0) is 14.3 Å². The molecule has 0 aromatic heterocycles. The molecule has 150 valence electrons. The van der Waals surface area contributed by atoms with E-state index in [0.717, 1.165) is 11.1 Å². The van der Waals surface area contributed by atoms with Crippen molar-refractivity contribution in [2.75, 3.05) is 0 Å². The van der Waals surface area contributed by atoms with Crippen LogP contribution in [0, 0.1) is 16.7 Å². The van der Waals surface area contributed by atoms with Gasteiger partial charge in [-0.05, 0) is 34.5 Å². The third kappa shape index (κ3) is 3.11. The molecule has 0 bridgehead atoms. The summed E-state index contributed by atoms with van der Waals surface area (Å²) >= 11 is 6.54. The van der Waals surface area contributed by atoms with Gasteiger partial charge in [0.25, 0.3) is 0 Å². The quantitative estimate of drug-likeness (QED) is 0.733. The fraction of sp³-hybridized carbons (Fsp3) is 0.565. The van der Waals surface area contributed by atoms with Crippen molar-refractivity contribution in [3.8, 4) is 0 Å². The highest BCUT2D eigenvalue weighted by Gasteiger charge is 2.61. The molecule has 0 amide bonds. The largest absolute Gasteiger partial charge is 0.458 e. The Kier molecular flexibility index (Phi) is 4.33. The van der Waals surface area contributed by atoms with Crippen LogP contribution in [0.5, 0.6) is 0 Å². The molecule has 2 aliphatic carbocycles. The van der Waals surface area contributed by atoms with Crippen molar-refractivity contribution in [1.29, 1.82) is 0 Å². The molecule has 1 aromatic carbocycles. The Labute approximate surface area is 170 Å². The first-order valence-electron chi connectivity index (χ1n) is 9.87. The van der Waals surface area contributed by atoms with Crippen LogP contribution in [0.2, 0.25) is 5.02 Å². The third-order valence-corrected chi connectivity index (χ3v) is 6.64. The average Bonchev–Trinajstić information content (AvgIpc) is 2.52. The fourth-order valence-electron chi connectivity index (χ4n) is 5.44. The van der Waals surface area contributed by atoms with Gasteiger partial charge in [-0.2, -0.15) is 0 Å². The van der Waals surface area contributed by atoms with E-state index in [0.29, 0.717) is 30.7 Å². The van der Waals surface area contributed by atoms with Crippen LogP contribution in [0.25, 0.3) is 0 Å². The van der Waals surface area contributed by atoms with Crippen molar-refractivity contribution in [1.82, 2.24) is 0 Å². The number of ketones is 2. The van der Waals surface area contributed by atoms with Gasteiger partial charge in [-0.1, -0.05) is 57.5 Å². The van der Waals surface area contributed by atoms with Crippen molar-refractivity contribution < 1.29 is 19.4 Å². The third-order valence-electron chi connectivity index (χ3n) is 6.30. The topological polar surface area (TPSA) is 63.6 Å². The maximum absolute atomic E-state index is 13.3. The number of allylic oxidation sites excluding steroid dienone is 2. The summed E-state index contributed by atoms with van der Waals surface area (Å²) in [5.41, 5.74) is 0.951. The molecule has 1 saturated carbocycles. The van der Waals surface area contributed by atoms with Gasteiger partial charge in [0.05, 0.1) is 5.92 Å². The van der Waals surface area contributed by atoms with Crippen LogP contribution < -0.4 is 0 Å². The Bertz CT molecular complexity index is 898. The monoisotopic (exact) mass is 402 g/mol. The molecule has 0 radical (unpaired) electrons. The number of carbonyl (C=O) groups is 2. The molecule has 1 aromatic rings. The number of ether oxygens (including phenoxy) is 1. The summed E-state index contributed by atoms with van der Waals surface area (Å²) < 4.78 is 6.01. The first kappa shape index (κ1) is 19.7. The SMILES string of the molecule is CC1(C)CC(=O)C2=C(C1)[C@@H](c1ccccc1Cl)[C@@H]1C(=O)CC(C)(C)C[C@@]1(O)O2. The highest BCUT2D eigenvalue weighted by Crippen LogP contribution is 2.58. The molecule has 0 spiro atoms. The molecule has 0 saturated heterocycles. The summed E-state index contributed by atoms with van der Waals surface area (Å²) in [6.07, 6.45) is 1.65. The maximum Gasteiger partial charge on any atom is 0.219 e. The Morgan fingerprint density at radius 3 is 2.39 bits per heavy atom. The molecule has 4 nitrogen and oxygen atoms in total. The summed E-state index contributed by atoms with van der Waals surface area (Å²) in [6.45, 7) is 7.99. The summed E-state index contributed by atoms with van der Waals surface area (Å²) in [7, 11) is 0. The number of halogens is 1. The Balaban J connectivity index is 1.95. The Morgan fingerprint density at radius 1 is 1.04 bits per heavy atom. The number of hydrogen-bond acceptors (Lipinski definition) is 4. The normalized spacial score (nSPS) is 33.8. The van der Waals surface area contributed by atoms with Crippen molar-refractivity contribution in [3.63, 3.8) is 0 Å². The lowest BCUT2D eigenvalue weighted by Gasteiger charge is -2.53. The van der Waals surface area contributed by atoms with Crippen LogP contribution in [0.4, 0.5) is 0 Å². The predicted molar refractivity (Wildman–Crippen MR) is 107 cm³/mol. The van der Waals surface area contributed by atoms with E-state index >= 15 is 0 Å². The minimum Gasteiger partial charge on any atom is -0.458 e. The molecule has 1 N–H and O–H groups in total. The highest BCUT2D eigenvalue weighted by molar-refractivity contribution is 6.31. The number of aliphatic hydroxyl groups is 1. The van der Waals surface area contributed by atoms with Crippen LogP contribution in [0.3, 0.4) is 0 Å². The predicted octanol–water partition coefficient (Wildman–Crippen LogP) is 4.79. The second-order valence-corrected chi connectivity index (χ2v) is 10.6. The summed E-state index contributed by atoms with van der Waals surface area (Å²) in [4.78, 5) is 26.2. The van der Waals surface area contributed by atoms with Crippen LogP contribution in [0.1, 0.15) is 64.9 Å². The Hall–Kier alpha value is -1.65. The molecule has 1 aliphatic heterocycles. The smallest absolute Gasteiger partial charge is 0.219 e. The fourth-order valence-corrected chi connectivity index (χ4v) is 5.69. The van der Waals surface area contributed by atoms with Gasteiger partial charge in [0, 0.05) is 30.2 Å². The zero-order chi connectivity index (χ0) is 20.5. The van der Waals surface area contributed by atoms with Crippen molar-refractivity contribution in [2.24, 2.45) is 16.7 Å². The number of carbonyl (C=O) groups excluding carboxylic acids is 2. The zero-order valence-corrected chi connectivity index (χ0v) is 17.6. The molecule has 1 heterocycles. The lowest BCUT2D eigenvalue weighted by atomic mass is 9.58. The lowest BCUT2D eigenvalue weighted by Crippen LogP contribution is -2.58. The van der Waals surface area contributed by atoms with Gasteiger partial charge >= 0.3 is 0 Å². The number of hydrogen-bond donors (Lipinski definition) is 1. The molecule has 28 heavy (non-hydrogen) atoms. The van der Waals surface area contributed by atoms with Gasteiger partial charge in [-0.15, -0.1) is 0 Å². The van der Waals surface area contributed by atoms with E-state index < -0.39 is 23.0 Å². The van der Waals surface area contributed by atoms with E-state index in [9.17, 15) is 14.7 Å². The van der Waals surface area contributed by atoms with E-state index in [1.165, 1.54) is 0 Å². The molecular formula is C23H27ClO4. The molecule has 0 unspecified atom stereocenters. The molecular weight excluding hydrogens is 376 g/mol. The first-order valence-corrected chi connectivity index (χ1v) is 10.3. The second kappa shape index (κ2) is 6.17. The lowest BCUT2D eigenvalue weighted by molar-refractivity contribution is -0.251. The molecule has 5 heteroatoms. The van der Waals surface area contributed by atoms with E-state index in [1.54, 1.807) is 6.07 Å². The minimum atomic E-state index is -1.70. The average molecular weight is 403 g/mol. The van der Waals surface area contributed by atoms with Gasteiger partial charge < -0.3 is 9.84 Å². The maximum atomic E-state index is 13.3. The van der Waals surface area contributed by atoms with E-state index in [-0.39, 0.29) is 22.7 Å². The van der Waals surface area contributed by atoms with Gasteiger partial charge in [0.1, 0.15) is 5.78 Å². The summed E-state index contributed by atoms with van der Waals surface area (Å²) in [6, 6.07) is 7.40. The van der Waals surface area contributed by atoms with Crippen molar-refractivity contribution >= 4 is 23.2 Å². The molecule has 4 rings (SSSR count). The molecule has 1 fully saturated rings. The van der Waals surface area contributed by atoms with E-state index in [2.05, 4.69) is 0 Å². The number of rotatable bonds is 1. The summed E-state index contributed by atoms with van der Waals surface area (Å²) in [5.74, 6) is -2.81. The van der Waals surface area contributed by atoms with E-state index in [4.69, 9.17) is 16.3 Å². The minimum absolute atomic E-state index is 0.0361. The first-order chi connectivity index (χ1) is 12.9. The molecule has 3 atom stereocenters. The summed E-state index contributed by atoms with van der Waals surface area (Å²) in [5, 5.41) is 12.1. The van der Waals surface area contributed by atoms with Gasteiger partial charge in [-0.25, -0.2) is 0 Å². The van der Waals surface area contributed by atoms with Crippen molar-refractivity contribution in [3.05, 3.63) is 46.2 Å². The van der Waals surface area contributed by atoms with Gasteiger partial charge in [0.15, 0.2) is 11.5 Å². The van der Waals surface area contributed by atoms with Gasteiger partial charge in [-0.3, -0.25) is 9.59 Å². The van der Waals surface area contributed by atoms with Crippen molar-refractivity contribution in [2.45, 2.75) is 65.1 Å². The van der Waals surface area contributed by atoms with Gasteiger partial charge in [0.2, 0.25) is 5.79 Å². The number of benzene rings is 1. The highest BCUT2D eigenvalue weighted by atomic mass is 35.5. The van der Waals surface area contributed by atoms with Crippen LogP contribution in [-0.4, -0.2) is 22.5 Å². The number of Topliss-reactive ketones (excluding diaryl/α,β-unsaturated/α-hetero) is 2. The second-order valence-electron chi connectivity index (χ2n) is 10.2.